The lowest BCUT2D eigenvalue weighted by atomic mass is 9.79. The molecule has 92 valence electrons. The summed E-state index contributed by atoms with van der Waals surface area (Å²) in [4.78, 5) is 4.42. The minimum Gasteiger partial charge on any atom is -0.370 e. The summed E-state index contributed by atoms with van der Waals surface area (Å²) >= 11 is 0. The van der Waals surface area contributed by atoms with E-state index in [2.05, 4.69) is 16.2 Å². The third-order valence-electron chi connectivity index (χ3n) is 3.51. The predicted molar refractivity (Wildman–Crippen MR) is 60.1 cm³/mol. The van der Waals surface area contributed by atoms with Gasteiger partial charge in [-0.25, -0.2) is 0 Å². The number of rotatable bonds is 5. The first-order chi connectivity index (χ1) is 8.22. The van der Waals surface area contributed by atoms with E-state index >= 15 is 0 Å². The van der Waals surface area contributed by atoms with Crippen LogP contribution < -0.4 is 0 Å². The van der Waals surface area contributed by atoms with Crippen molar-refractivity contribution in [3.05, 3.63) is 11.7 Å². The largest absolute Gasteiger partial charge is 0.370 e. The Kier molecular flexibility index (Phi) is 3.43. The highest BCUT2D eigenvalue weighted by molar-refractivity contribution is 5.07. The second kappa shape index (κ2) is 4.84. The lowest BCUT2D eigenvalue weighted by Crippen LogP contribution is -2.37. The van der Waals surface area contributed by atoms with Crippen molar-refractivity contribution in [1.82, 2.24) is 10.1 Å². The van der Waals surface area contributed by atoms with E-state index in [1.807, 2.05) is 6.92 Å². The number of methoxy groups -OCH3 is 1. The first-order valence-electron chi connectivity index (χ1n) is 5.98. The van der Waals surface area contributed by atoms with Crippen LogP contribution in [-0.2, 0) is 10.3 Å². The van der Waals surface area contributed by atoms with E-state index in [9.17, 15) is 0 Å². The van der Waals surface area contributed by atoms with Crippen molar-refractivity contribution >= 4 is 0 Å². The molecule has 0 amide bonds. The van der Waals surface area contributed by atoms with E-state index in [-0.39, 0.29) is 11.5 Å². The molecule has 0 aliphatic heterocycles. The van der Waals surface area contributed by atoms with Crippen molar-refractivity contribution in [3.63, 3.8) is 0 Å². The number of hydrogen-bond donors (Lipinski definition) is 0. The Morgan fingerprint density at radius 1 is 1.59 bits per heavy atom. The molecule has 1 saturated carbocycles. The van der Waals surface area contributed by atoms with Crippen molar-refractivity contribution in [1.29, 1.82) is 5.26 Å². The maximum atomic E-state index is 8.55. The van der Waals surface area contributed by atoms with Gasteiger partial charge in [-0.05, 0) is 25.7 Å². The Labute approximate surface area is 101 Å². The molecule has 1 fully saturated rings. The van der Waals surface area contributed by atoms with Gasteiger partial charge in [0.15, 0.2) is 0 Å². The van der Waals surface area contributed by atoms with Crippen LogP contribution in [0.3, 0.4) is 0 Å². The summed E-state index contributed by atoms with van der Waals surface area (Å²) in [6.07, 6.45) is 4.30. The molecule has 5 heteroatoms. The summed E-state index contributed by atoms with van der Waals surface area (Å²) in [5, 5.41) is 12.6. The normalized spacial score (nSPS) is 19.4. The van der Waals surface area contributed by atoms with Gasteiger partial charge in [-0.3, -0.25) is 0 Å². The second-order valence-electron chi connectivity index (χ2n) is 4.61. The molecule has 1 aliphatic carbocycles. The van der Waals surface area contributed by atoms with Gasteiger partial charge >= 0.3 is 0 Å². The zero-order valence-corrected chi connectivity index (χ0v) is 10.3. The minimum absolute atomic E-state index is 0.130. The highest BCUT2D eigenvalue weighted by Crippen LogP contribution is 2.43. The third kappa shape index (κ3) is 2.18. The van der Waals surface area contributed by atoms with Gasteiger partial charge in [0, 0.05) is 19.4 Å². The van der Waals surface area contributed by atoms with Crippen molar-refractivity contribution in [2.45, 2.75) is 50.5 Å². The molecule has 1 aromatic heterocycles. The average Bonchev–Trinajstić information content (AvgIpc) is 2.75. The molecule has 1 aromatic rings. The van der Waals surface area contributed by atoms with Crippen molar-refractivity contribution in [2.75, 3.05) is 7.11 Å². The van der Waals surface area contributed by atoms with Crippen LogP contribution in [0, 0.1) is 11.3 Å². The number of aromatic nitrogens is 2. The Balaban J connectivity index is 2.08. The van der Waals surface area contributed by atoms with Gasteiger partial charge < -0.3 is 9.26 Å². The van der Waals surface area contributed by atoms with Crippen LogP contribution in [0.15, 0.2) is 4.52 Å². The number of nitriles is 1. The summed E-state index contributed by atoms with van der Waals surface area (Å²) < 4.78 is 10.8. The van der Waals surface area contributed by atoms with Crippen LogP contribution in [0.25, 0.3) is 0 Å². The molecular formula is C12H17N3O2. The van der Waals surface area contributed by atoms with Crippen molar-refractivity contribution in [3.8, 4) is 6.07 Å². The van der Waals surface area contributed by atoms with Gasteiger partial charge in [0.25, 0.3) is 0 Å². The molecule has 0 N–H and O–H groups in total. The Morgan fingerprint density at radius 3 is 2.88 bits per heavy atom. The fourth-order valence-electron chi connectivity index (χ4n) is 2.04. The topological polar surface area (TPSA) is 71.9 Å². The van der Waals surface area contributed by atoms with Crippen molar-refractivity contribution < 1.29 is 9.26 Å². The monoisotopic (exact) mass is 235 g/mol. The molecule has 2 rings (SSSR count). The van der Waals surface area contributed by atoms with E-state index in [1.54, 1.807) is 7.11 Å². The average molecular weight is 235 g/mol. The fraction of sp³-hybridized carbons (Fsp3) is 0.750. The highest BCUT2D eigenvalue weighted by Gasteiger charge is 2.43. The fourth-order valence-corrected chi connectivity index (χ4v) is 2.04. The van der Waals surface area contributed by atoms with Gasteiger partial charge in [-0.2, -0.15) is 10.2 Å². The quantitative estimate of drug-likeness (QED) is 0.784. The summed E-state index contributed by atoms with van der Waals surface area (Å²) in [7, 11) is 1.69. The Bertz CT molecular complexity index is 412. The summed E-state index contributed by atoms with van der Waals surface area (Å²) in [6.45, 7) is 1.99. The summed E-state index contributed by atoms with van der Waals surface area (Å²) in [5.41, 5.74) is -0.323. The molecule has 0 bridgehead atoms. The molecule has 0 saturated heterocycles. The van der Waals surface area contributed by atoms with E-state index in [0.29, 0.717) is 18.1 Å². The summed E-state index contributed by atoms with van der Waals surface area (Å²) in [6, 6.07) is 2.12. The zero-order chi connectivity index (χ0) is 12.3. The number of nitrogens with zero attached hydrogens (tertiary/aromatic N) is 3. The second-order valence-corrected chi connectivity index (χ2v) is 4.61. The Morgan fingerprint density at radius 2 is 2.35 bits per heavy atom. The first kappa shape index (κ1) is 12.1. The van der Waals surface area contributed by atoms with Crippen LogP contribution in [0.1, 0.15) is 56.7 Å². The molecule has 0 spiro atoms. The van der Waals surface area contributed by atoms with E-state index in [4.69, 9.17) is 14.5 Å². The van der Waals surface area contributed by atoms with Crippen LogP contribution in [-0.4, -0.2) is 17.3 Å². The molecule has 0 radical (unpaired) electrons. The molecule has 1 unspecified atom stereocenters. The molecule has 1 aliphatic rings. The van der Waals surface area contributed by atoms with E-state index in [0.717, 1.165) is 25.7 Å². The van der Waals surface area contributed by atoms with Crippen LogP contribution in [0.2, 0.25) is 0 Å². The molecule has 17 heavy (non-hydrogen) atoms. The third-order valence-corrected chi connectivity index (χ3v) is 3.51. The number of hydrogen-bond acceptors (Lipinski definition) is 5. The Hall–Kier alpha value is -1.41. The lowest BCUT2D eigenvalue weighted by molar-refractivity contribution is -0.0858. The maximum absolute atomic E-state index is 8.55. The maximum Gasteiger partial charge on any atom is 0.229 e. The van der Waals surface area contributed by atoms with Gasteiger partial charge in [-0.1, -0.05) is 12.1 Å². The smallest absolute Gasteiger partial charge is 0.229 e. The SMILES string of the molecule is COC1(c2noc(C(C)CCC#N)n2)CCC1. The van der Waals surface area contributed by atoms with Crippen molar-refractivity contribution in [2.24, 2.45) is 0 Å². The molecule has 1 atom stereocenters. The molecule has 5 nitrogen and oxygen atoms in total. The standard InChI is InChI=1S/C12H17N3O2/c1-9(5-3-8-13)10-14-11(15-17-10)12(16-2)6-4-7-12/h9H,3-7H2,1-2H3. The van der Waals surface area contributed by atoms with E-state index in [1.165, 1.54) is 0 Å². The van der Waals surface area contributed by atoms with Crippen LogP contribution in [0.4, 0.5) is 0 Å². The molecule has 0 aromatic carbocycles. The number of ether oxygens (including phenoxy) is 1. The predicted octanol–water partition coefficient (Wildman–Crippen LogP) is 2.50. The zero-order valence-electron chi connectivity index (χ0n) is 10.3. The molecular weight excluding hydrogens is 218 g/mol. The first-order valence-corrected chi connectivity index (χ1v) is 5.98. The van der Waals surface area contributed by atoms with Crippen LogP contribution >= 0.6 is 0 Å². The van der Waals surface area contributed by atoms with Gasteiger partial charge in [0.05, 0.1) is 6.07 Å². The lowest BCUT2D eigenvalue weighted by Gasteiger charge is -2.37. The van der Waals surface area contributed by atoms with Gasteiger partial charge in [0.1, 0.15) is 5.60 Å². The summed E-state index contributed by atoms with van der Waals surface area (Å²) in [5.74, 6) is 1.40. The van der Waals surface area contributed by atoms with Gasteiger partial charge in [-0.15, -0.1) is 0 Å². The van der Waals surface area contributed by atoms with E-state index < -0.39 is 0 Å². The minimum atomic E-state index is -0.323. The van der Waals surface area contributed by atoms with Crippen LogP contribution in [0.5, 0.6) is 0 Å². The molecule has 1 heterocycles. The highest BCUT2D eigenvalue weighted by atomic mass is 16.5. The van der Waals surface area contributed by atoms with Gasteiger partial charge in [0.2, 0.25) is 11.7 Å².